The molecule has 130 valence electrons. The summed E-state index contributed by atoms with van der Waals surface area (Å²) in [5.41, 5.74) is 12.6. The Morgan fingerprint density at radius 1 is 1.25 bits per heavy atom. The Balaban J connectivity index is 1.56. The molecule has 24 heavy (non-hydrogen) atoms. The van der Waals surface area contributed by atoms with Crippen LogP contribution < -0.4 is 11.5 Å². The number of nitrogens with two attached hydrogens (primary N) is 2. The number of carbonyl (C=O) groups excluding carboxylic acids is 2. The zero-order valence-electron chi connectivity index (χ0n) is 13.9. The molecule has 0 bridgehead atoms. The molecule has 2 aliphatic rings. The molecule has 1 aromatic heterocycles. The van der Waals surface area contributed by atoms with Gasteiger partial charge in [-0.15, -0.1) is 0 Å². The van der Waals surface area contributed by atoms with Crippen LogP contribution in [0.1, 0.15) is 61.5 Å². The van der Waals surface area contributed by atoms with Gasteiger partial charge in [0.2, 0.25) is 5.91 Å². The van der Waals surface area contributed by atoms with E-state index in [1.165, 1.54) is 18.4 Å². The zero-order valence-corrected chi connectivity index (χ0v) is 13.9. The van der Waals surface area contributed by atoms with E-state index in [0.29, 0.717) is 25.3 Å². The van der Waals surface area contributed by atoms with Gasteiger partial charge in [-0.2, -0.15) is 0 Å². The molecule has 0 radical (unpaired) electrons. The van der Waals surface area contributed by atoms with Gasteiger partial charge in [-0.25, -0.2) is 4.98 Å². The molecule has 0 aromatic carbocycles. The second-order valence-electron chi connectivity index (χ2n) is 6.65. The van der Waals surface area contributed by atoms with E-state index < -0.39 is 5.91 Å². The molecule has 4 N–H and O–H groups in total. The molecule has 0 saturated carbocycles. The second kappa shape index (κ2) is 7.07. The molecule has 7 heteroatoms. The molecule has 1 aromatic rings. The smallest absolute Gasteiger partial charge is 0.271 e. The molecular weight excluding hydrogens is 306 g/mol. The standard InChI is InChI=1S/C17H25N5O2/c18-16-15(17(19)24)20-11-22(16)13-6-8-21(9-7-13)14(23)10-12-4-2-1-3-5-12/h4,11,13H,1-3,5-10,18H2,(H2,19,24). The van der Waals surface area contributed by atoms with E-state index >= 15 is 0 Å². The number of rotatable bonds is 4. The highest BCUT2D eigenvalue weighted by Crippen LogP contribution is 2.28. The fourth-order valence-corrected chi connectivity index (χ4v) is 3.62. The number of anilines is 1. The van der Waals surface area contributed by atoms with E-state index in [1.54, 1.807) is 6.33 Å². The summed E-state index contributed by atoms with van der Waals surface area (Å²) in [6.07, 6.45) is 10.6. The number of allylic oxidation sites excluding steroid dienone is 1. The second-order valence-corrected chi connectivity index (χ2v) is 6.65. The molecular formula is C17H25N5O2. The van der Waals surface area contributed by atoms with Crippen molar-refractivity contribution in [3.8, 4) is 0 Å². The Hall–Kier alpha value is -2.31. The number of nitrogens with zero attached hydrogens (tertiary/aromatic N) is 3. The third-order valence-electron chi connectivity index (χ3n) is 5.04. The minimum absolute atomic E-state index is 0.123. The molecule has 7 nitrogen and oxygen atoms in total. The van der Waals surface area contributed by atoms with Crippen LogP contribution in [-0.2, 0) is 4.79 Å². The summed E-state index contributed by atoms with van der Waals surface area (Å²) in [4.78, 5) is 29.6. The van der Waals surface area contributed by atoms with Gasteiger partial charge >= 0.3 is 0 Å². The van der Waals surface area contributed by atoms with E-state index in [2.05, 4.69) is 11.1 Å². The number of likely N-dealkylation sites (tertiary alicyclic amines) is 1. The molecule has 0 atom stereocenters. The van der Waals surface area contributed by atoms with Gasteiger partial charge in [0.05, 0.1) is 6.33 Å². The van der Waals surface area contributed by atoms with Crippen LogP contribution in [0.2, 0.25) is 0 Å². The van der Waals surface area contributed by atoms with Gasteiger partial charge in [-0.05, 0) is 38.5 Å². The lowest BCUT2D eigenvalue weighted by molar-refractivity contribution is -0.131. The fraction of sp³-hybridized carbons (Fsp3) is 0.588. The molecule has 0 unspecified atom stereocenters. The number of nitrogen functional groups attached to an aromatic ring is 1. The lowest BCUT2D eigenvalue weighted by Crippen LogP contribution is -2.39. The molecule has 2 amide bonds. The first-order valence-corrected chi connectivity index (χ1v) is 8.64. The van der Waals surface area contributed by atoms with E-state index in [1.807, 2.05) is 9.47 Å². The lowest BCUT2D eigenvalue weighted by Gasteiger charge is -2.33. The number of piperidine rings is 1. The third-order valence-corrected chi connectivity index (χ3v) is 5.04. The first-order chi connectivity index (χ1) is 11.6. The van der Waals surface area contributed by atoms with Crippen molar-refractivity contribution >= 4 is 17.6 Å². The molecule has 2 heterocycles. The minimum atomic E-state index is -0.611. The molecule has 1 fully saturated rings. The summed E-state index contributed by atoms with van der Waals surface area (Å²) in [6.45, 7) is 1.42. The Morgan fingerprint density at radius 3 is 2.58 bits per heavy atom. The maximum absolute atomic E-state index is 12.4. The molecule has 0 spiro atoms. The highest BCUT2D eigenvalue weighted by Gasteiger charge is 2.26. The van der Waals surface area contributed by atoms with Crippen molar-refractivity contribution in [2.45, 2.75) is 51.0 Å². The number of imidazole rings is 1. The SMILES string of the molecule is NC(=O)c1ncn(C2CCN(C(=O)CC3=CCCCC3)CC2)c1N. The predicted molar refractivity (Wildman–Crippen MR) is 91.2 cm³/mol. The summed E-state index contributed by atoms with van der Waals surface area (Å²) >= 11 is 0. The van der Waals surface area contributed by atoms with Crippen molar-refractivity contribution in [2.75, 3.05) is 18.8 Å². The van der Waals surface area contributed by atoms with Gasteiger partial charge in [0.15, 0.2) is 5.69 Å². The van der Waals surface area contributed by atoms with Crippen LogP contribution in [0.4, 0.5) is 5.82 Å². The van der Waals surface area contributed by atoms with Crippen molar-refractivity contribution in [2.24, 2.45) is 5.73 Å². The Morgan fingerprint density at radius 2 is 2.00 bits per heavy atom. The number of amides is 2. The van der Waals surface area contributed by atoms with Crippen molar-refractivity contribution in [1.29, 1.82) is 0 Å². The Bertz CT molecular complexity index is 656. The van der Waals surface area contributed by atoms with Crippen LogP contribution in [0, 0.1) is 0 Å². The van der Waals surface area contributed by atoms with Crippen molar-refractivity contribution in [1.82, 2.24) is 14.5 Å². The summed E-state index contributed by atoms with van der Waals surface area (Å²) in [5.74, 6) is -0.0720. The van der Waals surface area contributed by atoms with Gasteiger partial charge in [0.25, 0.3) is 5.91 Å². The minimum Gasteiger partial charge on any atom is -0.383 e. The molecule has 3 rings (SSSR count). The van der Waals surface area contributed by atoms with E-state index in [0.717, 1.165) is 25.7 Å². The summed E-state index contributed by atoms with van der Waals surface area (Å²) in [7, 11) is 0. The largest absolute Gasteiger partial charge is 0.383 e. The highest BCUT2D eigenvalue weighted by atomic mass is 16.2. The van der Waals surface area contributed by atoms with Crippen LogP contribution in [-0.4, -0.2) is 39.4 Å². The van der Waals surface area contributed by atoms with Gasteiger partial charge in [-0.3, -0.25) is 9.59 Å². The highest BCUT2D eigenvalue weighted by molar-refractivity contribution is 5.95. The van der Waals surface area contributed by atoms with E-state index in [4.69, 9.17) is 11.5 Å². The van der Waals surface area contributed by atoms with Crippen LogP contribution >= 0.6 is 0 Å². The number of aromatic nitrogens is 2. The number of carbonyl (C=O) groups is 2. The van der Waals surface area contributed by atoms with Gasteiger partial charge in [-0.1, -0.05) is 11.6 Å². The van der Waals surface area contributed by atoms with Gasteiger partial charge in [0.1, 0.15) is 5.82 Å². The zero-order chi connectivity index (χ0) is 17.1. The van der Waals surface area contributed by atoms with Crippen LogP contribution in [0.3, 0.4) is 0 Å². The monoisotopic (exact) mass is 331 g/mol. The Labute approximate surface area is 141 Å². The van der Waals surface area contributed by atoms with Crippen molar-refractivity contribution < 1.29 is 9.59 Å². The lowest BCUT2D eigenvalue weighted by atomic mass is 9.96. The summed E-state index contributed by atoms with van der Waals surface area (Å²) in [5, 5.41) is 0. The normalized spacial score (nSPS) is 19.2. The number of hydrogen-bond acceptors (Lipinski definition) is 4. The van der Waals surface area contributed by atoms with Crippen LogP contribution in [0.25, 0.3) is 0 Å². The average Bonchev–Trinajstić information content (AvgIpc) is 2.97. The summed E-state index contributed by atoms with van der Waals surface area (Å²) < 4.78 is 1.81. The molecule has 1 saturated heterocycles. The van der Waals surface area contributed by atoms with Crippen LogP contribution in [0.5, 0.6) is 0 Å². The molecule has 1 aliphatic carbocycles. The van der Waals surface area contributed by atoms with Crippen LogP contribution in [0.15, 0.2) is 18.0 Å². The topological polar surface area (TPSA) is 107 Å². The van der Waals surface area contributed by atoms with E-state index in [-0.39, 0.29) is 17.6 Å². The number of hydrogen-bond donors (Lipinski definition) is 2. The van der Waals surface area contributed by atoms with Gasteiger partial charge in [0, 0.05) is 25.6 Å². The van der Waals surface area contributed by atoms with E-state index in [9.17, 15) is 9.59 Å². The number of primary amides is 1. The first kappa shape index (κ1) is 16.5. The fourth-order valence-electron chi connectivity index (χ4n) is 3.62. The maximum atomic E-state index is 12.4. The molecule has 1 aliphatic heterocycles. The quantitative estimate of drug-likeness (QED) is 0.817. The summed E-state index contributed by atoms with van der Waals surface area (Å²) in [6, 6.07) is 0.156. The predicted octanol–water partition coefficient (Wildman–Crippen LogP) is 1.62. The first-order valence-electron chi connectivity index (χ1n) is 8.64. The van der Waals surface area contributed by atoms with Gasteiger partial charge < -0.3 is 20.9 Å². The van der Waals surface area contributed by atoms with Crippen molar-refractivity contribution in [3.05, 3.63) is 23.7 Å². The third kappa shape index (κ3) is 3.44. The maximum Gasteiger partial charge on any atom is 0.271 e. The Kier molecular flexibility index (Phi) is 4.87. The average molecular weight is 331 g/mol. The van der Waals surface area contributed by atoms with Crippen molar-refractivity contribution in [3.63, 3.8) is 0 Å².